The van der Waals surface area contributed by atoms with Crippen molar-refractivity contribution in [2.45, 2.75) is 70.4 Å². The molecular formula is C32H40F4N4O2. The molecule has 6 nitrogen and oxygen atoms in total. The molecule has 10 heteroatoms. The molecule has 0 bridgehead atoms. The number of ether oxygens (including phenoxy) is 2. The van der Waals surface area contributed by atoms with Crippen molar-refractivity contribution in [1.29, 1.82) is 0 Å². The molecule has 0 amide bonds. The maximum absolute atomic E-state index is 15.9. The predicted octanol–water partition coefficient (Wildman–Crippen LogP) is 6.38. The highest BCUT2D eigenvalue weighted by Gasteiger charge is 2.40. The number of alkyl halides is 2. The molecule has 1 aromatic heterocycles. The second kappa shape index (κ2) is 11.8. The molecule has 0 spiro atoms. The monoisotopic (exact) mass is 588 g/mol. The zero-order valence-corrected chi connectivity index (χ0v) is 24.6. The lowest BCUT2D eigenvalue weighted by atomic mass is 9.82. The molecule has 2 saturated heterocycles. The van der Waals surface area contributed by atoms with Gasteiger partial charge in [0.15, 0.2) is 6.23 Å². The Balaban J connectivity index is 1.34. The van der Waals surface area contributed by atoms with Gasteiger partial charge >= 0.3 is 0 Å². The summed E-state index contributed by atoms with van der Waals surface area (Å²) in [4.78, 5) is 3.92. The van der Waals surface area contributed by atoms with Crippen molar-refractivity contribution in [3.8, 4) is 5.75 Å². The van der Waals surface area contributed by atoms with Crippen LogP contribution in [0.3, 0.4) is 0 Å². The van der Waals surface area contributed by atoms with E-state index in [4.69, 9.17) is 9.47 Å². The summed E-state index contributed by atoms with van der Waals surface area (Å²) in [5.74, 6) is -1.30. The van der Waals surface area contributed by atoms with Crippen LogP contribution in [0.1, 0.15) is 69.0 Å². The minimum absolute atomic E-state index is 0.0122. The van der Waals surface area contributed by atoms with E-state index < -0.39 is 23.3 Å². The third kappa shape index (κ3) is 5.77. The van der Waals surface area contributed by atoms with Gasteiger partial charge < -0.3 is 9.47 Å². The van der Waals surface area contributed by atoms with Crippen LogP contribution >= 0.6 is 0 Å². The highest BCUT2D eigenvalue weighted by Crippen LogP contribution is 2.44. The molecule has 1 unspecified atom stereocenters. The molecule has 6 rings (SSSR count). The van der Waals surface area contributed by atoms with E-state index in [1.807, 2.05) is 39.7 Å². The molecule has 0 N–H and O–H groups in total. The zero-order chi connectivity index (χ0) is 29.6. The number of fused-ring (bicyclic) bond motifs is 3. The first-order chi connectivity index (χ1) is 20.1. The van der Waals surface area contributed by atoms with Gasteiger partial charge in [0, 0.05) is 67.8 Å². The molecule has 0 saturated carbocycles. The van der Waals surface area contributed by atoms with E-state index in [2.05, 4.69) is 5.10 Å². The van der Waals surface area contributed by atoms with E-state index in [1.54, 1.807) is 0 Å². The quantitative estimate of drug-likeness (QED) is 0.272. The average Bonchev–Trinajstić information content (AvgIpc) is 3.36. The van der Waals surface area contributed by atoms with Crippen molar-refractivity contribution < 1.29 is 27.0 Å². The van der Waals surface area contributed by atoms with Crippen LogP contribution in [0.4, 0.5) is 17.6 Å². The molecule has 3 aliphatic heterocycles. The normalized spacial score (nSPS) is 24.1. The average molecular weight is 589 g/mol. The molecule has 42 heavy (non-hydrogen) atoms. The number of likely N-dealkylation sites (tertiary alicyclic amines) is 1. The Labute approximate surface area is 244 Å². The van der Waals surface area contributed by atoms with Crippen LogP contribution in [0.5, 0.6) is 5.75 Å². The first kappa shape index (κ1) is 29.4. The lowest BCUT2D eigenvalue weighted by Crippen LogP contribution is -2.49. The Hall–Kier alpha value is -2.69. The molecule has 228 valence electrons. The van der Waals surface area contributed by atoms with Crippen molar-refractivity contribution >= 4 is 10.9 Å². The Bertz CT molecular complexity index is 1390. The van der Waals surface area contributed by atoms with Crippen molar-refractivity contribution in [3.05, 3.63) is 58.8 Å². The molecule has 4 heterocycles. The predicted molar refractivity (Wildman–Crippen MR) is 153 cm³/mol. The Morgan fingerprint density at radius 1 is 1.12 bits per heavy atom. The minimum Gasteiger partial charge on any atom is -0.492 e. The van der Waals surface area contributed by atoms with E-state index in [0.717, 1.165) is 41.3 Å². The minimum atomic E-state index is -1.58. The second-order valence-electron chi connectivity index (χ2n) is 12.8. The summed E-state index contributed by atoms with van der Waals surface area (Å²) >= 11 is 0. The number of halogens is 4. The molecule has 0 aliphatic carbocycles. The first-order valence-electron chi connectivity index (χ1n) is 15.1. The Morgan fingerprint density at radius 2 is 1.88 bits per heavy atom. The van der Waals surface area contributed by atoms with Gasteiger partial charge in [0.1, 0.15) is 29.7 Å². The van der Waals surface area contributed by atoms with Crippen LogP contribution in [-0.2, 0) is 11.2 Å². The topological polar surface area (TPSA) is 42.8 Å². The number of aromatic nitrogens is 2. The summed E-state index contributed by atoms with van der Waals surface area (Å²) in [6.45, 7) is 7.46. The van der Waals surface area contributed by atoms with Gasteiger partial charge in [-0.05, 0) is 63.6 Å². The summed E-state index contributed by atoms with van der Waals surface area (Å²) < 4.78 is 73.2. The standard InChI is InChI=1S/C32H40F4N4O2/c1-20-12-24-23(7-8-28-25(24)16-37-40(28)29-6-4-5-10-42-29)31(39(20)19-32(2,3)36)30-26(34)13-22(14-27(30)35)41-11-9-38-17-21(15-33)18-38/h7-8,13-14,16,20-21,29,31H,4-6,9-12,15,17-19H2,1-3H3/t20-,29?,31-/m1/s1. The van der Waals surface area contributed by atoms with Crippen LogP contribution in [0.15, 0.2) is 30.5 Å². The van der Waals surface area contributed by atoms with E-state index in [9.17, 15) is 4.39 Å². The zero-order valence-electron chi connectivity index (χ0n) is 24.6. The molecule has 3 aliphatic rings. The fraction of sp³-hybridized carbons (Fsp3) is 0.594. The van der Waals surface area contributed by atoms with Gasteiger partial charge in [-0.15, -0.1) is 0 Å². The van der Waals surface area contributed by atoms with Crippen molar-refractivity contribution in [3.63, 3.8) is 0 Å². The molecule has 2 fully saturated rings. The largest absolute Gasteiger partial charge is 0.492 e. The van der Waals surface area contributed by atoms with Crippen LogP contribution in [0, 0.1) is 17.6 Å². The summed E-state index contributed by atoms with van der Waals surface area (Å²) in [7, 11) is 0. The second-order valence-corrected chi connectivity index (χ2v) is 12.8. The number of hydrogen-bond donors (Lipinski definition) is 0. The van der Waals surface area contributed by atoms with Crippen molar-refractivity contribution in [2.75, 3.05) is 46.1 Å². The van der Waals surface area contributed by atoms with Crippen molar-refractivity contribution in [1.82, 2.24) is 19.6 Å². The summed E-state index contributed by atoms with van der Waals surface area (Å²) in [5, 5.41) is 5.60. The van der Waals surface area contributed by atoms with Gasteiger partial charge in [-0.25, -0.2) is 17.9 Å². The number of hydrogen-bond acceptors (Lipinski definition) is 5. The summed E-state index contributed by atoms with van der Waals surface area (Å²) in [5.41, 5.74) is 0.956. The van der Waals surface area contributed by atoms with E-state index in [0.29, 0.717) is 32.7 Å². The fourth-order valence-corrected chi connectivity index (χ4v) is 6.83. The van der Waals surface area contributed by atoms with E-state index >= 15 is 13.2 Å². The van der Waals surface area contributed by atoms with Gasteiger partial charge in [-0.1, -0.05) is 6.07 Å². The van der Waals surface area contributed by atoms with Crippen molar-refractivity contribution in [2.24, 2.45) is 5.92 Å². The first-order valence-corrected chi connectivity index (χ1v) is 15.1. The molecule has 2 aromatic carbocycles. The molecule has 3 atom stereocenters. The fourth-order valence-electron chi connectivity index (χ4n) is 6.83. The molecule has 3 aromatic rings. The third-order valence-corrected chi connectivity index (χ3v) is 8.86. The summed E-state index contributed by atoms with van der Waals surface area (Å²) in [6, 6.07) is 5.27. The van der Waals surface area contributed by atoms with Gasteiger partial charge in [-0.3, -0.25) is 14.2 Å². The molecule has 0 radical (unpaired) electrons. The lowest BCUT2D eigenvalue weighted by Gasteiger charge is -2.44. The maximum Gasteiger partial charge on any atom is 0.150 e. The highest BCUT2D eigenvalue weighted by molar-refractivity contribution is 5.84. The van der Waals surface area contributed by atoms with E-state index in [-0.39, 0.29) is 49.3 Å². The lowest BCUT2D eigenvalue weighted by molar-refractivity contribution is -0.0366. The SMILES string of the molecule is C[C@@H]1Cc2c(ccc3c2cnn3C2CCCCO2)[C@H](c2c(F)cc(OCCN3CC(CF)C3)cc2F)N1CC(C)(C)F. The Morgan fingerprint density at radius 3 is 2.55 bits per heavy atom. The highest BCUT2D eigenvalue weighted by atomic mass is 19.1. The summed E-state index contributed by atoms with van der Waals surface area (Å²) in [6.07, 6.45) is 5.27. The van der Waals surface area contributed by atoms with Crippen LogP contribution < -0.4 is 4.74 Å². The maximum atomic E-state index is 15.9. The van der Waals surface area contributed by atoms with Gasteiger partial charge in [0.05, 0.1) is 24.4 Å². The van der Waals surface area contributed by atoms with Gasteiger partial charge in [0.25, 0.3) is 0 Å². The molecular weight excluding hydrogens is 548 g/mol. The van der Waals surface area contributed by atoms with Crippen LogP contribution in [0.25, 0.3) is 10.9 Å². The smallest absolute Gasteiger partial charge is 0.150 e. The van der Waals surface area contributed by atoms with Crippen LogP contribution in [0.2, 0.25) is 0 Å². The van der Waals surface area contributed by atoms with Gasteiger partial charge in [0.2, 0.25) is 0 Å². The van der Waals surface area contributed by atoms with Crippen LogP contribution in [-0.4, -0.2) is 77.4 Å². The Kier molecular flexibility index (Phi) is 8.24. The number of nitrogens with zero attached hydrogens (tertiary/aromatic N) is 4. The third-order valence-electron chi connectivity index (χ3n) is 8.86. The number of benzene rings is 2. The van der Waals surface area contributed by atoms with E-state index in [1.165, 1.54) is 26.0 Å². The number of rotatable bonds is 9. The van der Waals surface area contributed by atoms with Gasteiger partial charge in [-0.2, -0.15) is 5.10 Å².